The van der Waals surface area contributed by atoms with Crippen LogP contribution in [0.3, 0.4) is 0 Å². The number of likely N-dealkylation sites (tertiary alicyclic amines) is 1. The smallest absolute Gasteiger partial charge is 0.293 e. The number of fused-ring (bicyclic) bond motifs is 3. The molecule has 0 radical (unpaired) electrons. The number of ether oxygens (including phenoxy) is 3. The molecule has 6 aliphatic rings. The van der Waals surface area contributed by atoms with Gasteiger partial charge in [-0.25, -0.2) is 13.1 Å². The van der Waals surface area contributed by atoms with Crippen LogP contribution in [0.15, 0.2) is 83.9 Å². The van der Waals surface area contributed by atoms with Crippen molar-refractivity contribution in [3.8, 4) is 5.88 Å². The number of hydrogen-bond acceptors (Lipinski definition) is 13. The number of nitrogens with one attached hydrogen (secondary N) is 3. The van der Waals surface area contributed by atoms with E-state index in [1.807, 2.05) is 35.4 Å². The van der Waals surface area contributed by atoms with Gasteiger partial charge in [-0.05, 0) is 129 Å². The van der Waals surface area contributed by atoms with Gasteiger partial charge in [-0.2, -0.15) is 4.98 Å². The first kappa shape index (κ1) is 46.6. The van der Waals surface area contributed by atoms with Crippen molar-refractivity contribution >= 4 is 55.4 Å². The quantitative estimate of drug-likeness (QED) is 0.0796. The number of sulfonamides is 1. The highest BCUT2D eigenvalue weighted by Crippen LogP contribution is 2.54. The number of hydrogen-bond donors (Lipinski definition) is 3. The van der Waals surface area contributed by atoms with E-state index in [4.69, 9.17) is 19.2 Å². The van der Waals surface area contributed by atoms with Crippen LogP contribution in [0.1, 0.15) is 105 Å². The molecular formula is C53H64N8O8S. The van der Waals surface area contributed by atoms with E-state index < -0.39 is 31.4 Å². The van der Waals surface area contributed by atoms with Crippen molar-refractivity contribution in [3.63, 3.8) is 0 Å². The molecule has 1 saturated carbocycles. The number of rotatable bonds is 12. The van der Waals surface area contributed by atoms with Gasteiger partial charge in [0.05, 0.1) is 34.3 Å². The lowest BCUT2D eigenvalue weighted by Gasteiger charge is -2.56. The molecule has 70 heavy (non-hydrogen) atoms. The van der Waals surface area contributed by atoms with E-state index in [0.717, 1.165) is 62.5 Å². The molecule has 1 spiro atoms. The Kier molecular flexibility index (Phi) is 12.7. The molecule has 3 N–H and O–H groups in total. The Bertz CT molecular complexity index is 2870. The molecule has 4 saturated heterocycles. The topological polar surface area (TPSA) is 184 Å². The lowest BCUT2D eigenvalue weighted by molar-refractivity contribution is -0.384. The molecule has 3 atom stereocenters. The van der Waals surface area contributed by atoms with Gasteiger partial charge in [0.1, 0.15) is 23.1 Å². The summed E-state index contributed by atoms with van der Waals surface area (Å²) in [6.45, 7) is 10.6. The van der Waals surface area contributed by atoms with Crippen LogP contribution < -0.4 is 24.6 Å². The fraction of sp³-hybridized carbons (Fsp3) is 0.509. The number of nitrogens with zero attached hydrogens (tertiary/aromatic N) is 5. The number of nitro benzene ring substituents is 1. The zero-order valence-electron chi connectivity index (χ0n) is 40.1. The summed E-state index contributed by atoms with van der Waals surface area (Å²) in [6.07, 6.45) is 10.9. The molecule has 5 fully saturated rings. The molecule has 1 aliphatic carbocycles. The monoisotopic (exact) mass is 972 g/mol. The van der Waals surface area contributed by atoms with Gasteiger partial charge in [0, 0.05) is 87.2 Å². The summed E-state index contributed by atoms with van der Waals surface area (Å²) in [6, 6.07) is 23.3. The van der Waals surface area contributed by atoms with Crippen molar-refractivity contribution in [1.82, 2.24) is 19.6 Å². The van der Waals surface area contributed by atoms with Gasteiger partial charge in [0.25, 0.3) is 21.6 Å². The molecule has 2 aromatic heterocycles. The van der Waals surface area contributed by atoms with Crippen molar-refractivity contribution < 1.29 is 32.3 Å². The molecule has 370 valence electrons. The number of amides is 1. The van der Waals surface area contributed by atoms with Gasteiger partial charge in [0.15, 0.2) is 0 Å². The van der Waals surface area contributed by atoms with Crippen LogP contribution in [-0.2, 0) is 19.5 Å². The number of carbonyl (C=O) groups excluding carboxylic acids is 1. The summed E-state index contributed by atoms with van der Waals surface area (Å²) in [5, 5.41) is 16.3. The Balaban J connectivity index is 0.873. The van der Waals surface area contributed by atoms with Gasteiger partial charge in [0.2, 0.25) is 5.88 Å². The van der Waals surface area contributed by atoms with Crippen LogP contribution in [0.5, 0.6) is 5.88 Å². The number of benzene rings is 3. The summed E-state index contributed by atoms with van der Waals surface area (Å²) in [5.74, 6) is 0.233. The van der Waals surface area contributed by atoms with Crippen molar-refractivity contribution in [3.05, 3.63) is 106 Å². The second-order valence-corrected chi connectivity index (χ2v) is 22.5. The molecule has 1 amide bonds. The van der Waals surface area contributed by atoms with E-state index in [9.17, 15) is 23.3 Å². The van der Waals surface area contributed by atoms with Crippen LogP contribution in [0.4, 0.5) is 28.4 Å². The largest absolute Gasteiger partial charge is 0.472 e. The molecule has 16 nitrogen and oxygen atoms in total. The van der Waals surface area contributed by atoms with E-state index in [-0.39, 0.29) is 29.2 Å². The summed E-state index contributed by atoms with van der Waals surface area (Å²) in [4.78, 5) is 41.3. The van der Waals surface area contributed by atoms with Gasteiger partial charge in [-0.3, -0.25) is 19.8 Å². The third kappa shape index (κ3) is 9.09. The molecular weight excluding hydrogens is 909 g/mol. The maximum Gasteiger partial charge on any atom is 0.293 e. The molecule has 11 rings (SSSR count). The van der Waals surface area contributed by atoms with E-state index >= 15 is 0 Å². The molecule has 3 aromatic carbocycles. The Hall–Kier alpha value is -5.75. The highest BCUT2D eigenvalue weighted by molar-refractivity contribution is 7.90. The first-order valence-corrected chi connectivity index (χ1v) is 26.8. The minimum atomic E-state index is -4.59. The van der Waals surface area contributed by atoms with E-state index in [2.05, 4.69) is 62.9 Å². The number of anilines is 4. The average molecular weight is 973 g/mol. The third-order valence-electron chi connectivity index (χ3n) is 16.3. The molecule has 0 bridgehead atoms. The average Bonchev–Trinajstić information content (AvgIpc) is 4.01. The van der Waals surface area contributed by atoms with Crippen molar-refractivity contribution in [2.75, 3.05) is 74.3 Å². The first-order chi connectivity index (χ1) is 33.9. The van der Waals surface area contributed by atoms with Crippen LogP contribution in [0.25, 0.3) is 11.0 Å². The second-order valence-electron chi connectivity index (χ2n) is 20.9. The highest BCUT2D eigenvalue weighted by Gasteiger charge is 2.50. The first-order valence-electron chi connectivity index (χ1n) is 25.3. The number of aromatic nitrogens is 2. The predicted octanol–water partition coefficient (Wildman–Crippen LogP) is 9.07. The zero-order chi connectivity index (χ0) is 48.1. The van der Waals surface area contributed by atoms with Gasteiger partial charge >= 0.3 is 0 Å². The van der Waals surface area contributed by atoms with E-state index in [0.29, 0.717) is 92.3 Å². The van der Waals surface area contributed by atoms with Crippen LogP contribution in [0, 0.1) is 27.4 Å². The molecule has 0 unspecified atom stereocenters. The summed E-state index contributed by atoms with van der Waals surface area (Å²) in [7, 11) is -4.59. The third-order valence-corrected chi connectivity index (χ3v) is 17.6. The van der Waals surface area contributed by atoms with Crippen molar-refractivity contribution in [2.24, 2.45) is 17.3 Å². The SMILES string of the molecule is CC(C)c1ccccc1[C@@H]1CCCN1C1CC2(CCN(c3ccc(C(=O)NS(=O)(=O)c4ccc(NCC5CCOCC5)c([N+](=O)[O-])c4)c(N4C[C@H]5COCC[C@H]5Oc5nc6[nH]ccc6cc54)c3)CC2)C1. The Labute approximate surface area is 409 Å². The van der Waals surface area contributed by atoms with Crippen LogP contribution in [-0.4, -0.2) is 105 Å². The molecule has 5 aromatic rings. The summed E-state index contributed by atoms with van der Waals surface area (Å²) < 4.78 is 48.7. The predicted molar refractivity (Wildman–Crippen MR) is 269 cm³/mol. The minimum absolute atomic E-state index is 0.0841. The molecule has 7 heterocycles. The Morgan fingerprint density at radius 3 is 2.54 bits per heavy atom. The Morgan fingerprint density at radius 2 is 1.74 bits per heavy atom. The number of piperidine rings is 1. The molecule has 5 aliphatic heterocycles. The van der Waals surface area contributed by atoms with Crippen molar-refractivity contribution in [2.45, 2.75) is 101 Å². The maximum absolute atomic E-state index is 14.7. The number of H-pyrrole nitrogens is 1. The lowest BCUT2D eigenvalue weighted by atomic mass is 9.59. The Morgan fingerprint density at radius 1 is 0.943 bits per heavy atom. The lowest BCUT2D eigenvalue weighted by Crippen LogP contribution is -2.55. The van der Waals surface area contributed by atoms with Gasteiger partial charge < -0.3 is 34.3 Å². The number of aromatic amines is 1. The number of nitro groups is 1. The van der Waals surface area contributed by atoms with E-state index in [1.54, 1.807) is 6.07 Å². The fourth-order valence-corrected chi connectivity index (χ4v) is 13.3. The molecule has 17 heteroatoms. The maximum atomic E-state index is 14.7. The van der Waals surface area contributed by atoms with E-state index in [1.165, 1.54) is 48.9 Å². The number of pyridine rings is 1. The normalized spacial score (nSPS) is 23.1. The van der Waals surface area contributed by atoms with Crippen LogP contribution in [0.2, 0.25) is 0 Å². The van der Waals surface area contributed by atoms with Gasteiger partial charge in [-0.15, -0.1) is 0 Å². The second kappa shape index (κ2) is 19.1. The highest BCUT2D eigenvalue weighted by atomic mass is 32.2. The van der Waals surface area contributed by atoms with Gasteiger partial charge in [-0.1, -0.05) is 38.1 Å². The summed E-state index contributed by atoms with van der Waals surface area (Å²) in [5.41, 5.74) is 5.97. The number of carbonyl (C=O) groups is 1. The summed E-state index contributed by atoms with van der Waals surface area (Å²) >= 11 is 0. The van der Waals surface area contributed by atoms with Crippen molar-refractivity contribution in [1.29, 1.82) is 0 Å². The minimum Gasteiger partial charge on any atom is -0.472 e. The zero-order valence-corrected chi connectivity index (χ0v) is 40.9. The van der Waals surface area contributed by atoms with Crippen LogP contribution >= 0.6 is 0 Å². The fourth-order valence-electron chi connectivity index (χ4n) is 12.3. The standard InChI is InChI=1S/C53H64N8O8S/c1-34(2)41-6-3-4-7-42(41)45-8-5-20-59(45)39-29-53(30-39)17-21-58(22-18-53)38-9-11-43(46(27-38)60-32-37-33-68-25-16-49(37)69-52-48(60)26-36-13-19-54-50(36)56-52)51(62)57-70(65,66)40-10-12-44(47(28-40)61(63)64)55-31-35-14-23-67-24-15-35/h3-4,6-7,9-13,19,26-28,34-35,37,39,45,49,55H,5,8,14-18,20-25,29-33H2,1-2H3,(H,54,56)(H,57,62)/t37-,45-,49+/m0/s1.